The molecule has 0 aliphatic rings. The van der Waals surface area contributed by atoms with Crippen LogP contribution in [0.3, 0.4) is 0 Å². The highest BCUT2D eigenvalue weighted by Gasteiger charge is 2.26. The van der Waals surface area contributed by atoms with Gasteiger partial charge in [0.2, 0.25) is 0 Å². The van der Waals surface area contributed by atoms with E-state index in [9.17, 15) is 14.0 Å². The molecule has 6 heteroatoms. The first kappa shape index (κ1) is 15.9. The number of amides is 1. The van der Waals surface area contributed by atoms with Gasteiger partial charge in [-0.1, -0.05) is 20.3 Å². The third kappa shape index (κ3) is 3.69. The molecule has 20 heavy (non-hydrogen) atoms. The number of halogens is 1. The summed E-state index contributed by atoms with van der Waals surface area (Å²) in [6, 6.07) is 2.72. The Hall–Kier alpha value is -2.11. The first-order valence-corrected chi connectivity index (χ1v) is 6.27. The molecule has 5 nitrogen and oxygen atoms in total. The Kier molecular flexibility index (Phi) is 5.49. The topological polar surface area (TPSA) is 75.6 Å². The van der Waals surface area contributed by atoms with E-state index in [1.807, 2.05) is 6.92 Å². The molecule has 0 heterocycles. The Morgan fingerprint density at radius 1 is 1.45 bits per heavy atom. The van der Waals surface area contributed by atoms with Gasteiger partial charge in [-0.25, -0.2) is 9.18 Å². The number of nitrogens with one attached hydrogen (secondary N) is 1. The maximum Gasteiger partial charge on any atom is 0.326 e. The number of hydrogen-bond donors (Lipinski definition) is 2. The number of methoxy groups -OCH3 is 1. The van der Waals surface area contributed by atoms with Crippen LogP contribution in [0.2, 0.25) is 0 Å². The Balaban J connectivity index is 2.89. The molecule has 0 saturated carbocycles. The smallest absolute Gasteiger partial charge is 0.326 e. The number of hydrogen-bond acceptors (Lipinski definition) is 3. The van der Waals surface area contributed by atoms with Gasteiger partial charge >= 0.3 is 5.97 Å². The van der Waals surface area contributed by atoms with Crippen LogP contribution >= 0.6 is 0 Å². The molecule has 2 N–H and O–H groups in total. The van der Waals surface area contributed by atoms with Crippen molar-refractivity contribution in [3.63, 3.8) is 0 Å². The number of rotatable bonds is 6. The predicted octanol–water partition coefficient (Wildman–Crippen LogP) is 2.06. The standard InChI is InChI=1S/C14H18FNO4/c1-4-8(2)12(14(18)19)16-13(17)9-5-6-11(20-3)10(15)7-9/h5-8,12H,4H2,1-3H3,(H,16,17)(H,18,19). The van der Waals surface area contributed by atoms with E-state index in [4.69, 9.17) is 9.84 Å². The fourth-order valence-corrected chi connectivity index (χ4v) is 1.72. The van der Waals surface area contributed by atoms with Crippen LogP contribution in [0.15, 0.2) is 18.2 Å². The Bertz CT molecular complexity index is 504. The van der Waals surface area contributed by atoms with Crippen LogP contribution in [0, 0.1) is 11.7 Å². The average molecular weight is 283 g/mol. The van der Waals surface area contributed by atoms with Crippen molar-refractivity contribution in [2.24, 2.45) is 5.92 Å². The van der Waals surface area contributed by atoms with E-state index in [1.165, 1.54) is 19.2 Å². The quantitative estimate of drug-likeness (QED) is 0.838. The molecule has 0 radical (unpaired) electrons. The number of ether oxygens (including phenoxy) is 1. The fraction of sp³-hybridized carbons (Fsp3) is 0.429. The van der Waals surface area contributed by atoms with Gasteiger partial charge in [-0.3, -0.25) is 4.79 Å². The Morgan fingerprint density at radius 3 is 2.55 bits per heavy atom. The van der Waals surface area contributed by atoms with E-state index in [2.05, 4.69) is 5.32 Å². The molecule has 0 saturated heterocycles. The van der Waals surface area contributed by atoms with Gasteiger partial charge < -0.3 is 15.2 Å². The summed E-state index contributed by atoms with van der Waals surface area (Å²) in [4.78, 5) is 23.1. The van der Waals surface area contributed by atoms with E-state index in [0.29, 0.717) is 6.42 Å². The van der Waals surface area contributed by atoms with Crippen molar-refractivity contribution in [3.8, 4) is 5.75 Å². The maximum absolute atomic E-state index is 13.5. The normalized spacial score (nSPS) is 13.4. The van der Waals surface area contributed by atoms with Gasteiger partial charge in [-0.15, -0.1) is 0 Å². The van der Waals surface area contributed by atoms with Crippen molar-refractivity contribution >= 4 is 11.9 Å². The zero-order valence-corrected chi connectivity index (χ0v) is 11.6. The lowest BCUT2D eigenvalue weighted by atomic mass is 9.99. The molecule has 0 fully saturated rings. The second kappa shape index (κ2) is 6.88. The van der Waals surface area contributed by atoms with Crippen LogP contribution in [-0.4, -0.2) is 30.1 Å². The maximum atomic E-state index is 13.5. The third-order valence-corrected chi connectivity index (χ3v) is 3.18. The molecule has 0 aliphatic heterocycles. The van der Waals surface area contributed by atoms with E-state index in [-0.39, 0.29) is 17.2 Å². The second-order valence-electron chi connectivity index (χ2n) is 4.52. The molecular weight excluding hydrogens is 265 g/mol. The average Bonchev–Trinajstić information content (AvgIpc) is 2.43. The van der Waals surface area contributed by atoms with Crippen molar-refractivity contribution in [2.75, 3.05) is 7.11 Å². The van der Waals surface area contributed by atoms with Crippen molar-refractivity contribution < 1.29 is 23.8 Å². The van der Waals surface area contributed by atoms with Gasteiger partial charge in [0, 0.05) is 5.56 Å². The van der Waals surface area contributed by atoms with Gasteiger partial charge in [0.15, 0.2) is 11.6 Å². The minimum absolute atomic E-state index is 0.0262. The number of carboxylic acid groups (broad SMARTS) is 1. The van der Waals surface area contributed by atoms with Crippen LogP contribution in [0.1, 0.15) is 30.6 Å². The zero-order valence-electron chi connectivity index (χ0n) is 11.6. The summed E-state index contributed by atoms with van der Waals surface area (Å²) in [6.07, 6.45) is 0.605. The Labute approximate surface area is 116 Å². The lowest BCUT2D eigenvalue weighted by Crippen LogP contribution is -2.45. The summed E-state index contributed by atoms with van der Waals surface area (Å²) >= 11 is 0. The number of carbonyl (C=O) groups is 2. The van der Waals surface area contributed by atoms with Gasteiger partial charge in [-0.2, -0.15) is 0 Å². The van der Waals surface area contributed by atoms with Crippen LogP contribution in [0.25, 0.3) is 0 Å². The molecule has 2 unspecified atom stereocenters. The van der Waals surface area contributed by atoms with Crippen molar-refractivity contribution in [1.29, 1.82) is 0 Å². The third-order valence-electron chi connectivity index (χ3n) is 3.18. The first-order valence-electron chi connectivity index (χ1n) is 6.27. The lowest BCUT2D eigenvalue weighted by Gasteiger charge is -2.20. The molecule has 110 valence electrons. The van der Waals surface area contributed by atoms with Gasteiger partial charge in [0.25, 0.3) is 5.91 Å². The van der Waals surface area contributed by atoms with E-state index < -0.39 is 23.7 Å². The van der Waals surface area contributed by atoms with Crippen molar-refractivity contribution in [1.82, 2.24) is 5.32 Å². The summed E-state index contributed by atoms with van der Waals surface area (Å²) < 4.78 is 18.3. The summed E-state index contributed by atoms with van der Waals surface area (Å²) in [5, 5.41) is 11.5. The van der Waals surface area contributed by atoms with Crippen LogP contribution < -0.4 is 10.1 Å². The van der Waals surface area contributed by atoms with Crippen LogP contribution in [-0.2, 0) is 4.79 Å². The van der Waals surface area contributed by atoms with Crippen LogP contribution in [0.5, 0.6) is 5.75 Å². The van der Waals surface area contributed by atoms with E-state index in [1.54, 1.807) is 6.92 Å². The predicted molar refractivity (Wildman–Crippen MR) is 71.3 cm³/mol. The minimum Gasteiger partial charge on any atom is -0.494 e. The summed E-state index contributed by atoms with van der Waals surface area (Å²) in [7, 11) is 1.32. The summed E-state index contributed by atoms with van der Waals surface area (Å²) in [6.45, 7) is 3.56. The van der Waals surface area contributed by atoms with Gasteiger partial charge in [-0.05, 0) is 24.1 Å². The molecule has 1 aromatic rings. The van der Waals surface area contributed by atoms with Gasteiger partial charge in [0.05, 0.1) is 7.11 Å². The zero-order chi connectivity index (χ0) is 15.3. The molecule has 0 bridgehead atoms. The monoisotopic (exact) mass is 283 g/mol. The molecule has 1 rings (SSSR count). The molecular formula is C14H18FNO4. The molecule has 1 amide bonds. The van der Waals surface area contributed by atoms with Crippen molar-refractivity contribution in [3.05, 3.63) is 29.6 Å². The van der Waals surface area contributed by atoms with E-state index in [0.717, 1.165) is 6.07 Å². The summed E-state index contributed by atoms with van der Waals surface area (Å²) in [5.74, 6) is -2.60. The van der Waals surface area contributed by atoms with Crippen LogP contribution in [0.4, 0.5) is 4.39 Å². The number of carboxylic acids is 1. The highest BCUT2D eigenvalue weighted by molar-refractivity contribution is 5.96. The molecule has 0 spiro atoms. The van der Waals surface area contributed by atoms with E-state index >= 15 is 0 Å². The molecule has 0 aliphatic carbocycles. The highest BCUT2D eigenvalue weighted by Crippen LogP contribution is 2.18. The lowest BCUT2D eigenvalue weighted by molar-refractivity contribution is -0.140. The Morgan fingerprint density at radius 2 is 2.10 bits per heavy atom. The minimum atomic E-state index is -1.11. The number of benzene rings is 1. The first-order chi connectivity index (χ1) is 9.40. The van der Waals surface area contributed by atoms with Crippen molar-refractivity contribution in [2.45, 2.75) is 26.3 Å². The highest BCUT2D eigenvalue weighted by atomic mass is 19.1. The molecule has 1 aromatic carbocycles. The largest absolute Gasteiger partial charge is 0.494 e. The summed E-state index contributed by atoms with van der Waals surface area (Å²) in [5.41, 5.74) is 0.0536. The van der Waals surface area contributed by atoms with Gasteiger partial charge in [0.1, 0.15) is 6.04 Å². The molecule has 2 atom stereocenters. The SMILES string of the molecule is CCC(C)C(NC(=O)c1ccc(OC)c(F)c1)C(=O)O. The number of aliphatic carboxylic acids is 1. The fourth-order valence-electron chi connectivity index (χ4n) is 1.72. The number of carbonyl (C=O) groups excluding carboxylic acids is 1. The molecule has 0 aromatic heterocycles. The second-order valence-corrected chi connectivity index (χ2v) is 4.52.